The number of aliphatic carboxylic acids is 1. The Morgan fingerprint density at radius 1 is 1.33 bits per heavy atom. The number of aliphatic hydroxyl groups excluding tert-OH is 1. The van der Waals surface area contributed by atoms with Gasteiger partial charge in [0.25, 0.3) is 0 Å². The van der Waals surface area contributed by atoms with Gasteiger partial charge in [-0.05, 0) is 13.8 Å². The van der Waals surface area contributed by atoms with E-state index in [9.17, 15) is 9.59 Å². The van der Waals surface area contributed by atoms with Crippen LogP contribution in [0.15, 0.2) is 0 Å². The van der Waals surface area contributed by atoms with Crippen molar-refractivity contribution in [2.45, 2.75) is 26.1 Å². The van der Waals surface area contributed by atoms with Gasteiger partial charge in [0.2, 0.25) is 0 Å². The molecule has 0 bridgehead atoms. The van der Waals surface area contributed by atoms with E-state index in [1.54, 1.807) is 0 Å². The zero-order valence-electron chi connectivity index (χ0n) is 6.85. The van der Waals surface area contributed by atoms with Crippen molar-refractivity contribution in [2.24, 2.45) is 0 Å². The summed E-state index contributed by atoms with van der Waals surface area (Å²) < 4.78 is 4.28. The van der Waals surface area contributed by atoms with Gasteiger partial charge < -0.3 is 14.9 Å². The maximum atomic E-state index is 10.5. The van der Waals surface area contributed by atoms with Gasteiger partial charge in [-0.15, -0.1) is 0 Å². The van der Waals surface area contributed by atoms with Gasteiger partial charge >= 0.3 is 11.9 Å². The van der Waals surface area contributed by atoms with Crippen LogP contribution < -0.4 is 0 Å². The van der Waals surface area contributed by atoms with Crippen molar-refractivity contribution in [1.29, 1.82) is 0 Å². The molecule has 6 heteroatoms. The number of hydrogen-bond acceptors (Lipinski definition) is 4. The summed E-state index contributed by atoms with van der Waals surface area (Å²) in [6.45, 7) is 2.42. The standard InChI is InChI=1S/C6H10O5.Y/c1-3(7)6(10)11-4(2)5(8)9;/h3-4,7H,1-2H3,(H,8,9);. The van der Waals surface area contributed by atoms with Crippen molar-refractivity contribution in [1.82, 2.24) is 0 Å². The predicted molar refractivity (Wildman–Crippen MR) is 34.9 cm³/mol. The second kappa shape index (κ2) is 6.51. The van der Waals surface area contributed by atoms with E-state index in [0.717, 1.165) is 0 Å². The van der Waals surface area contributed by atoms with Gasteiger partial charge in [-0.1, -0.05) is 0 Å². The molecule has 0 fully saturated rings. The van der Waals surface area contributed by atoms with Crippen molar-refractivity contribution >= 4 is 11.9 Å². The van der Waals surface area contributed by atoms with Crippen molar-refractivity contribution in [3.8, 4) is 0 Å². The van der Waals surface area contributed by atoms with Crippen molar-refractivity contribution < 1.29 is 57.2 Å². The molecule has 5 nitrogen and oxygen atoms in total. The quantitative estimate of drug-likeness (QED) is 0.653. The molecule has 0 aromatic rings. The molecular weight excluding hydrogens is 241 g/mol. The monoisotopic (exact) mass is 251 g/mol. The SMILES string of the molecule is CC(O)C(=O)OC(C)C(=O)O.[Y]. The topological polar surface area (TPSA) is 83.8 Å². The van der Waals surface area contributed by atoms with Gasteiger partial charge in [-0.2, -0.15) is 0 Å². The fourth-order valence-electron chi connectivity index (χ4n) is 0.323. The van der Waals surface area contributed by atoms with E-state index >= 15 is 0 Å². The summed E-state index contributed by atoms with van der Waals surface area (Å²) in [6.07, 6.45) is -2.49. The van der Waals surface area contributed by atoms with Crippen LogP contribution in [0, 0.1) is 0 Å². The molecule has 67 valence electrons. The normalized spacial score (nSPS) is 13.9. The third kappa shape index (κ3) is 5.63. The van der Waals surface area contributed by atoms with E-state index < -0.39 is 24.1 Å². The van der Waals surface area contributed by atoms with Gasteiger partial charge in [0.1, 0.15) is 6.10 Å². The minimum Gasteiger partial charge on any atom is -0.479 e. The fourth-order valence-corrected chi connectivity index (χ4v) is 0.323. The largest absolute Gasteiger partial charge is 0.479 e. The molecule has 0 amide bonds. The van der Waals surface area contributed by atoms with Crippen LogP contribution in [0.4, 0.5) is 0 Å². The molecule has 0 aromatic heterocycles. The van der Waals surface area contributed by atoms with E-state index in [1.165, 1.54) is 13.8 Å². The van der Waals surface area contributed by atoms with Crippen LogP contribution >= 0.6 is 0 Å². The second-order valence-corrected chi connectivity index (χ2v) is 2.09. The van der Waals surface area contributed by atoms with Crippen LogP contribution in [0.1, 0.15) is 13.8 Å². The summed E-state index contributed by atoms with van der Waals surface area (Å²) in [7, 11) is 0. The van der Waals surface area contributed by atoms with Crippen LogP contribution in [0.5, 0.6) is 0 Å². The molecule has 0 spiro atoms. The first-order chi connectivity index (χ1) is 4.95. The maximum Gasteiger partial charge on any atom is 0.344 e. The third-order valence-electron chi connectivity index (χ3n) is 0.982. The average molecular weight is 251 g/mol. The van der Waals surface area contributed by atoms with E-state index in [4.69, 9.17) is 10.2 Å². The minimum atomic E-state index is -1.28. The van der Waals surface area contributed by atoms with Crippen LogP contribution in [-0.4, -0.2) is 34.4 Å². The molecule has 0 aliphatic rings. The molecule has 0 heterocycles. The maximum absolute atomic E-state index is 10.5. The average Bonchev–Trinajstić information content (AvgIpc) is 1.87. The zero-order valence-corrected chi connectivity index (χ0v) is 9.69. The van der Waals surface area contributed by atoms with Crippen LogP contribution in [0.25, 0.3) is 0 Å². The Morgan fingerprint density at radius 2 is 1.75 bits per heavy atom. The van der Waals surface area contributed by atoms with Gasteiger partial charge in [-0.3, -0.25) is 0 Å². The molecule has 2 unspecified atom stereocenters. The van der Waals surface area contributed by atoms with Gasteiger partial charge in [0.05, 0.1) is 0 Å². The predicted octanol–water partition coefficient (Wildman–Crippen LogP) is -0.619. The fraction of sp³-hybridized carbons (Fsp3) is 0.667. The number of esters is 1. The summed E-state index contributed by atoms with van der Waals surface area (Å²) in [5, 5.41) is 16.8. The Morgan fingerprint density at radius 3 is 2.00 bits per heavy atom. The Balaban J connectivity index is 0. The van der Waals surface area contributed by atoms with Gasteiger partial charge in [0, 0.05) is 32.7 Å². The molecule has 1 radical (unpaired) electrons. The number of ether oxygens (including phenoxy) is 1. The Bertz CT molecular complexity index is 167. The van der Waals surface area contributed by atoms with Gasteiger partial charge in [-0.25, -0.2) is 9.59 Å². The number of carboxylic acid groups (broad SMARTS) is 1. The number of carbonyl (C=O) groups excluding carboxylic acids is 1. The zero-order chi connectivity index (χ0) is 9.02. The molecule has 0 saturated carbocycles. The minimum absolute atomic E-state index is 0. The first-order valence-electron chi connectivity index (χ1n) is 3.06. The van der Waals surface area contributed by atoms with E-state index in [0.29, 0.717) is 0 Å². The van der Waals surface area contributed by atoms with E-state index in [2.05, 4.69) is 4.74 Å². The van der Waals surface area contributed by atoms with E-state index in [1.807, 2.05) is 0 Å². The number of hydrogen-bond donors (Lipinski definition) is 2. The summed E-state index contributed by atoms with van der Waals surface area (Å²) in [4.78, 5) is 20.6. The van der Waals surface area contributed by atoms with Crippen LogP contribution in [0.3, 0.4) is 0 Å². The van der Waals surface area contributed by atoms with Crippen LogP contribution in [-0.2, 0) is 47.0 Å². The molecule has 0 saturated heterocycles. The molecule has 0 aromatic carbocycles. The number of aliphatic hydroxyl groups is 1. The van der Waals surface area contributed by atoms with Crippen molar-refractivity contribution in [2.75, 3.05) is 0 Å². The summed E-state index contributed by atoms with van der Waals surface area (Å²) in [5.74, 6) is -2.17. The molecule has 0 rings (SSSR count). The molecule has 0 aliphatic heterocycles. The van der Waals surface area contributed by atoms with E-state index in [-0.39, 0.29) is 32.7 Å². The smallest absolute Gasteiger partial charge is 0.344 e. The molecule has 12 heavy (non-hydrogen) atoms. The molecule has 0 aliphatic carbocycles. The molecule has 2 N–H and O–H groups in total. The van der Waals surface area contributed by atoms with Crippen LogP contribution in [0.2, 0.25) is 0 Å². The Labute approximate surface area is 95.0 Å². The summed E-state index contributed by atoms with van der Waals surface area (Å²) in [5.41, 5.74) is 0. The van der Waals surface area contributed by atoms with Crippen molar-refractivity contribution in [3.05, 3.63) is 0 Å². The first kappa shape index (κ1) is 14.5. The summed E-state index contributed by atoms with van der Waals surface area (Å²) in [6, 6.07) is 0. The number of rotatable bonds is 3. The third-order valence-corrected chi connectivity index (χ3v) is 0.982. The first-order valence-corrected chi connectivity index (χ1v) is 3.06. The molecule has 2 atom stereocenters. The number of carboxylic acids is 1. The van der Waals surface area contributed by atoms with Crippen molar-refractivity contribution in [3.63, 3.8) is 0 Å². The number of carbonyl (C=O) groups is 2. The summed E-state index contributed by atoms with van der Waals surface area (Å²) >= 11 is 0. The Kier molecular flexibility index (Phi) is 7.88. The Hall–Kier alpha value is 0.00390. The second-order valence-electron chi connectivity index (χ2n) is 2.09. The van der Waals surface area contributed by atoms with Gasteiger partial charge in [0.15, 0.2) is 6.10 Å². The molecular formula is C6H10O5Y.